The topological polar surface area (TPSA) is 172 Å². The maximum atomic E-state index is 8.55. The molecule has 0 amide bonds. The maximum Gasteiger partial charge on any atom is 4.00 e. The molecule has 0 aliphatic rings. The van der Waals surface area contributed by atoms with Crippen molar-refractivity contribution < 1.29 is 60.2 Å². The number of hydrogen-bond donors (Lipinski definition) is 0. The van der Waals surface area contributed by atoms with Gasteiger partial charge in [-0.3, -0.25) is 0 Å². The van der Waals surface area contributed by atoms with Crippen molar-refractivity contribution in [3.05, 3.63) is 0 Å². The first-order valence-electron chi connectivity index (χ1n) is 1.46. The van der Waals surface area contributed by atoms with Gasteiger partial charge in [0.05, 0.1) is 0 Å². The summed E-state index contributed by atoms with van der Waals surface area (Å²) < 4.78 is 17.1. The molecule has 0 heterocycles. The molecule has 0 aromatic rings. The molecule has 0 bridgehead atoms. The van der Waals surface area contributed by atoms with Crippen molar-refractivity contribution in [3.63, 3.8) is 0 Å². The smallest absolute Gasteiger partial charge is 0.822 e. The summed E-state index contributed by atoms with van der Waals surface area (Å²) in [5.74, 6) is 0. The van der Waals surface area contributed by atoms with Crippen LogP contribution in [0.1, 0.15) is 0 Å². The van der Waals surface area contributed by atoms with Crippen LogP contribution in [0.15, 0.2) is 0 Å². The number of rotatable bonds is 0. The van der Waals surface area contributed by atoms with Crippen LogP contribution in [0.5, 0.6) is 0 Å². The fourth-order valence-electron chi connectivity index (χ4n) is 0. The average molecular weight is 325 g/mol. The molecule has 0 radical (unpaired) electrons. The van der Waals surface area contributed by atoms with E-state index in [1.54, 1.807) is 0 Å². The molecule has 0 aromatic carbocycles. The summed E-state index contributed by atoms with van der Waals surface area (Å²) in [6, 6.07) is 0. The number of hydrogen-bond acceptors (Lipinski definition) is 8. The molecule has 0 unspecified atom stereocenters. The van der Waals surface area contributed by atoms with Crippen LogP contribution in [0.25, 0.3) is 0 Å². The molecule has 12 heteroatoms. The maximum absolute atomic E-state index is 8.55. The summed E-state index contributed by atoms with van der Waals surface area (Å²) in [6.07, 6.45) is 0. The van der Waals surface area contributed by atoms with E-state index >= 15 is 0 Å². The summed E-state index contributed by atoms with van der Waals surface area (Å²) >= 11 is 0. The zero-order valence-corrected chi connectivity index (χ0v) is 12.2. The van der Waals surface area contributed by atoms with Crippen LogP contribution in [-0.2, 0) is 30.8 Å². The number of phosphoric acid groups is 2. The third-order valence-electron chi connectivity index (χ3n) is 0. The second-order valence-corrected chi connectivity index (χ2v) is 2.68. The molecule has 0 atom stereocenters. The minimum Gasteiger partial charge on any atom is -0.822 e. The Morgan fingerprint density at radius 2 is 0.667 bits per heavy atom. The quantitative estimate of drug-likeness (QED) is 0.312. The first kappa shape index (κ1) is 23.9. The Morgan fingerprint density at radius 1 is 0.667 bits per heavy atom. The van der Waals surface area contributed by atoms with Gasteiger partial charge in [-0.2, -0.15) is 15.6 Å². The third kappa shape index (κ3) is 277. The summed E-state index contributed by atoms with van der Waals surface area (Å²) in [7, 11) is -10.8. The zero-order valence-electron chi connectivity index (χ0n) is 5.37. The molecule has 0 spiro atoms. The van der Waals surface area contributed by atoms with Crippen LogP contribution in [0, 0.1) is 0 Å². The van der Waals surface area contributed by atoms with Gasteiger partial charge in [-0.05, 0) is 0 Å². The Hall–Kier alpha value is 2.41. The second-order valence-electron chi connectivity index (χ2n) is 0.894. The van der Waals surface area contributed by atoms with Crippen molar-refractivity contribution in [2.45, 2.75) is 0 Å². The average Bonchev–Trinajstić information content (AvgIpc) is 1.12. The second kappa shape index (κ2) is 9.95. The molecule has 0 N–H and O–H groups in total. The predicted octanol–water partition coefficient (Wildman–Crippen LogP) is -6.03. The molecule has 0 rings (SSSR count). The summed E-state index contributed by atoms with van der Waals surface area (Å²) in [5, 5.41) is 0. The fourth-order valence-corrected chi connectivity index (χ4v) is 0. The van der Waals surface area contributed by atoms with Gasteiger partial charge in [-0.15, -0.1) is 0 Å². The van der Waals surface area contributed by atoms with Crippen molar-refractivity contribution in [2.24, 2.45) is 0 Å². The Kier molecular flexibility index (Phi) is 19.8. The van der Waals surface area contributed by atoms with E-state index in [1.165, 1.54) is 0 Å². The van der Waals surface area contributed by atoms with Crippen molar-refractivity contribution >= 4 is 61.1 Å². The van der Waals surface area contributed by atoms with Gasteiger partial charge in [-0.1, -0.05) is 0 Å². The van der Waals surface area contributed by atoms with E-state index in [9.17, 15) is 0 Å². The Labute approximate surface area is 120 Å². The monoisotopic (exact) mass is 326 g/mol. The minimum absolute atomic E-state index is 0. The molecular formula is O8P2SrTi. The minimum atomic E-state index is -5.39. The largest absolute Gasteiger partial charge is 4.00 e. The molecule has 0 aromatic heterocycles. The summed E-state index contributed by atoms with van der Waals surface area (Å²) in [5.41, 5.74) is 0. The first-order chi connectivity index (χ1) is 4.00. The SMILES string of the molecule is O=P([O-])([O-])[O-].O=P([O-])([O-])[O-].[Sr+2].[Ti+4]. The molecule has 0 aliphatic heterocycles. The molecule has 0 saturated carbocycles. The van der Waals surface area contributed by atoms with Gasteiger partial charge in [0.25, 0.3) is 0 Å². The summed E-state index contributed by atoms with van der Waals surface area (Å²) in [6.45, 7) is 0. The molecule has 64 valence electrons. The van der Waals surface area contributed by atoms with Crippen LogP contribution < -0.4 is 29.4 Å². The standard InChI is InChI=1S/2H3O4P.Sr.Ti/c2*1-5(2,3)4;;/h2*(H3,1,2,3,4);;/q;;+2;+4/p-6. The van der Waals surface area contributed by atoms with Gasteiger partial charge in [0.2, 0.25) is 0 Å². The van der Waals surface area contributed by atoms with Crippen molar-refractivity contribution in [2.75, 3.05) is 0 Å². The first-order valence-corrected chi connectivity index (χ1v) is 4.38. The van der Waals surface area contributed by atoms with Crippen molar-refractivity contribution in [3.8, 4) is 0 Å². The van der Waals surface area contributed by atoms with E-state index in [0.717, 1.165) is 0 Å². The fraction of sp³-hybridized carbons (Fsp3) is 0. The van der Waals surface area contributed by atoms with Gasteiger partial charge < -0.3 is 38.5 Å². The van der Waals surface area contributed by atoms with Crippen molar-refractivity contribution in [1.29, 1.82) is 0 Å². The van der Waals surface area contributed by atoms with Crippen LogP contribution in [-0.4, -0.2) is 45.5 Å². The molecule has 8 nitrogen and oxygen atoms in total. The molecule has 0 aliphatic carbocycles. The van der Waals surface area contributed by atoms with E-state index in [1.807, 2.05) is 0 Å². The van der Waals surface area contributed by atoms with Gasteiger partial charge >= 0.3 is 67.2 Å². The van der Waals surface area contributed by atoms with Crippen LogP contribution in [0.4, 0.5) is 0 Å². The van der Waals surface area contributed by atoms with Gasteiger partial charge in [0, 0.05) is 0 Å². The molecule has 12 heavy (non-hydrogen) atoms. The van der Waals surface area contributed by atoms with E-state index in [2.05, 4.69) is 0 Å². The normalized spacial score (nSPS) is 9.83. The van der Waals surface area contributed by atoms with Gasteiger partial charge in [0.1, 0.15) is 0 Å². The molecule has 0 saturated heterocycles. The zero-order chi connectivity index (χ0) is 9.00. The van der Waals surface area contributed by atoms with E-state index < -0.39 is 15.6 Å². The van der Waals surface area contributed by atoms with E-state index in [-0.39, 0.29) is 67.2 Å². The Morgan fingerprint density at radius 3 is 0.667 bits per heavy atom. The Balaban J connectivity index is -0.0000000457. The van der Waals surface area contributed by atoms with Crippen LogP contribution in [0.2, 0.25) is 0 Å². The van der Waals surface area contributed by atoms with E-state index in [4.69, 9.17) is 38.5 Å². The van der Waals surface area contributed by atoms with Gasteiger partial charge in [0.15, 0.2) is 0 Å². The third-order valence-corrected chi connectivity index (χ3v) is 0. The van der Waals surface area contributed by atoms with Crippen LogP contribution >= 0.6 is 15.6 Å². The Bertz CT molecular complexity index is 129. The predicted molar refractivity (Wildman–Crippen MR) is 21.0 cm³/mol. The van der Waals surface area contributed by atoms with E-state index in [0.29, 0.717) is 0 Å². The van der Waals surface area contributed by atoms with Crippen LogP contribution in [0.3, 0.4) is 0 Å². The summed E-state index contributed by atoms with van der Waals surface area (Å²) in [4.78, 5) is 51.3. The molecular weight excluding hydrogens is 325 g/mol. The van der Waals surface area contributed by atoms with Crippen molar-refractivity contribution in [1.82, 2.24) is 0 Å². The molecule has 0 fully saturated rings. The van der Waals surface area contributed by atoms with Gasteiger partial charge in [-0.25, -0.2) is 0 Å².